The van der Waals surface area contributed by atoms with Crippen LogP contribution < -0.4 is 0 Å². The summed E-state index contributed by atoms with van der Waals surface area (Å²) in [7, 11) is 0. The molecule has 7 heteroatoms. The topological polar surface area (TPSA) is 94.3 Å². The van der Waals surface area contributed by atoms with Crippen molar-refractivity contribution in [1.29, 1.82) is 0 Å². The van der Waals surface area contributed by atoms with Gasteiger partial charge in [0.05, 0.1) is 24.1 Å². The molecule has 0 aliphatic rings. The molecule has 2 aromatic rings. The van der Waals surface area contributed by atoms with Crippen LogP contribution in [0.2, 0.25) is 0 Å². The van der Waals surface area contributed by atoms with E-state index in [9.17, 15) is 9.59 Å². The SMILES string of the molecule is CCOC(=O)c1cn(-c2cccc(C(=O)O)c2)nn1. The number of carboxylic acid groups (broad SMARTS) is 1. The van der Waals surface area contributed by atoms with Gasteiger partial charge in [-0.25, -0.2) is 14.3 Å². The van der Waals surface area contributed by atoms with Crippen LogP contribution >= 0.6 is 0 Å². The fraction of sp³-hybridized carbons (Fsp3) is 0.167. The molecule has 0 amide bonds. The van der Waals surface area contributed by atoms with Gasteiger partial charge in [0.2, 0.25) is 0 Å². The van der Waals surface area contributed by atoms with Crippen molar-refractivity contribution in [3.05, 3.63) is 41.7 Å². The number of hydrogen-bond donors (Lipinski definition) is 1. The number of carbonyl (C=O) groups is 2. The molecule has 1 heterocycles. The van der Waals surface area contributed by atoms with E-state index in [1.54, 1.807) is 19.1 Å². The van der Waals surface area contributed by atoms with Crippen molar-refractivity contribution in [2.45, 2.75) is 6.92 Å². The molecule has 0 atom stereocenters. The lowest BCUT2D eigenvalue weighted by atomic mass is 10.2. The van der Waals surface area contributed by atoms with E-state index in [4.69, 9.17) is 9.84 Å². The summed E-state index contributed by atoms with van der Waals surface area (Å²) in [5, 5.41) is 16.3. The average molecular weight is 261 g/mol. The molecule has 7 nitrogen and oxygen atoms in total. The van der Waals surface area contributed by atoms with Crippen LogP contribution in [0.1, 0.15) is 27.8 Å². The highest BCUT2D eigenvalue weighted by molar-refractivity contribution is 5.88. The van der Waals surface area contributed by atoms with E-state index in [1.807, 2.05) is 0 Å². The summed E-state index contributed by atoms with van der Waals surface area (Å²) < 4.78 is 6.11. The zero-order chi connectivity index (χ0) is 13.8. The lowest BCUT2D eigenvalue weighted by molar-refractivity contribution is 0.0519. The fourth-order valence-corrected chi connectivity index (χ4v) is 1.47. The van der Waals surface area contributed by atoms with Crippen molar-refractivity contribution in [2.24, 2.45) is 0 Å². The monoisotopic (exact) mass is 261 g/mol. The van der Waals surface area contributed by atoms with Crippen molar-refractivity contribution in [3.8, 4) is 5.69 Å². The fourth-order valence-electron chi connectivity index (χ4n) is 1.47. The maximum atomic E-state index is 11.4. The van der Waals surface area contributed by atoms with E-state index in [2.05, 4.69) is 10.3 Å². The van der Waals surface area contributed by atoms with E-state index >= 15 is 0 Å². The average Bonchev–Trinajstić information content (AvgIpc) is 2.89. The van der Waals surface area contributed by atoms with Gasteiger partial charge in [-0.05, 0) is 25.1 Å². The van der Waals surface area contributed by atoms with Crippen LogP contribution in [-0.2, 0) is 4.74 Å². The van der Waals surface area contributed by atoms with Crippen LogP contribution in [0.25, 0.3) is 5.69 Å². The molecular formula is C12H11N3O4. The zero-order valence-corrected chi connectivity index (χ0v) is 10.1. The van der Waals surface area contributed by atoms with Crippen LogP contribution in [0.15, 0.2) is 30.5 Å². The minimum Gasteiger partial charge on any atom is -0.478 e. The maximum absolute atomic E-state index is 11.4. The molecule has 0 aliphatic carbocycles. The van der Waals surface area contributed by atoms with Crippen molar-refractivity contribution in [3.63, 3.8) is 0 Å². The molecule has 0 saturated heterocycles. The van der Waals surface area contributed by atoms with Crippen molar-refractivity contribution < 1.29 is 19.4 Å². The highest BCUT2D eigenvalue weighted by Crippen LogP contribution is 2.10. The molecule has 0 aliphatic heterocycles. The highest BCUT2D eigenvalue weighted by Gasteiger charge is 2.13. The number of ether oxygens (including phenoxy) is 1. The maximum Gasteiger partial charge on any atom is 0.360 e. The van der Waals surface area contributed by atoms with Crippen molar-refractivity contribution in [2.75, 3.05) is 6.61 Å². The van der Waals surface area contributed by atoms with Gasteiger partial charge in [-0.15, -0.1) is 5.10 Å². The third-order valence-electron chi connectivity index (χ3n) is 2.34. The Morgan fingerprint density at radius 3 is 2.89 bits per heavy atom. The molecule has 0 saturated carbocycles. The van der Waals surface area contributed by atoms with Gasteiger partial charge in [-0.3, -0.25) is 0 Å². The van der Waals surface area contributed by atoms with Gasteiger partial charge < -0.3 is 9.84 Å². The predicted octanol–water partition coefficient (Wildman–Crippen LogP) is 1.14. The molecule has 0 spiro atoms. The minimum absolute atomic E-state index is 0.0718. The van der Waals surface area contributed by atoms with Gasteiger partial charge >= 0.3 is 11.9 Å². The lowest BCUT2D eigenvalue weighted by Gasteiger charge is -2.01. The highest BCUT2D eigenvalue weighted by atomic mass is 16.5. The Kier molecular flexibility index (Phi) is 3.56. The van der Waals surface area contributed by atoms with Gasteiger partial charge in [-0.1, -0.05) is 11.3 Å². The van der Waals surface area contributed by atoms with Crippen molar-refractivity contribution >= 4 is 11.9 Å². The molecule has 0 bridgehead atoms. The van der Waals surface area contributed by atoms with Crippen LogP contribution in [0.5, 0.6) is 0 Å². The Morgan fingerprint density at radius 2 is 2.21 bits per heavy atom. The Balaban J connectivity index is 2.30. The summed E-state index contributed by atoms with van der Waals surface area (Å²) >= 11 is 0. The van der Waals surface area contributed by atoms with Gasteiger partial charge in [-0.2, -0.15) is 0 Å². The second kappa shape index (κ2) is 5.30. The first-order chi connectivity index (χ1) is 9.11. The van der Waals surface area contributed by atoms with Gasteiger partial charge in [0.15, 0.2) is 5.69 Å². The molecule has 19 heavy (non-hydrogen) atoms. The molecule has 2 rings (SSSR count). The summed E-state index contributed by atoms with van der Waals surface area (Å²) in [6.45, 7) is 1.94. The van der Waals surface area contributed by atoms with Crippen LogP contribution in [0, 0.1) is 0 Å². The quantitative estimate of drug-likeness (QED) is 0.829. The van der Waals surface area contributed by atoms with Crippen LogP contribution in [-0.4, -0.2) is 38.6 Å². The van der Waals surface area contributed by atoms with E-state index in [-0.39, 0.29) is 17.9 Å². The number of nitrogens with zero attached hydrogens (tertiary/aromatic N) is 3. The van der Waals surface area contributed by atoms with Gasteiger partial charge in [0.1, 0.15) is 0 Å². The molecule has 0 fully saturated rings. The number of hydrogen-bond acceptors (Lipinski definition) is 5. The molecular weight excluding hydrogens is 250 g/mol. The molecule has 1 N–H and O–H groups in total. The van der Waals surface area contributed by atoms with Crippen LogP contribution in [0.4, 0.5) is 0 Å². The molecule has 1 aromatic heterocycles. The number of carbonyl (C=O) groups excluding carboxylic acids is 1. The summed E-state index contributed by atoms with van der Waals surface area (Å²) in [4.78, 5) is 22.3. The normalized spacial score (nSPS) is 10.2. The summed E-state index contributed by atoms with van der Waals surface area (Å²) in [6.07, 6.45) is 1.39. The lowest BCUT2D eigenvalue weighted by Crippen LogP contribution is -2.04. The summed E-state index contributed by atoms with van der Waals surface area (Å²) in [5.41, 5.74) is 0.705. The third kappa shape index (κ3) is 2.76. The summed E-state index contributed by atoms with van der Waals surface area (Å²) in [5.74, 6) is -1.60. The Bertz CT molecular complexity index is 621. The molecule has 98 valence electrons. The number of benzene rings is 1. The van der Waals surface area contributed by atoms with E-state index < -0.39 is 11.9 Å². The number of esters is 1. The van der Waals surface area contributed by atoms with Gasteiger partial charge in [0, 0.05) is 0 Å². The Hall–Kier alpha value is -2.70. The number of rotatable bonds is 4. The first-order valence-electron chi connectivity index (χ1n) is 5.55. The summed E-state index contributed by atoms with van der Waals surface area (Å²) in [6, 6.07) is 6.15. The second-order valence-corrected chi connectivity index (χ2v) is 3.62. The Labute approximate surface area is 108 Å². The largest absolute Gasteiger partial charge is 0.478 e. The minimum atomic E-state index is -1.03. The molecule has 1 aromatic carbocycles. The number of aromatic carboxylic acids is 1. The number of carboxylic acids is 1. The van der Waals surface area contributed by atoms with E-state index in [0.29, 0.717) is 5.69 Å². The second-order valence-electron chi connectivity index (χ2n) is 3.62. The first kappa shape index (κ1) is 12.7. The molecule has 0 unspecified atom stereocenters. The molecule has 0 radical (unpaired) electrons. The van der Waals surface area contributed by atoms with Crippen LogP contribution in [0.3, 0.4) is 0 Å². The van der Waals surface area contributed by atoms with Gasteiger partial charge in [0.25, 0.3) is 0 Å². The Morgan fingerprint density at radius 1 is 1.42 bits per heavy atom. The number of aromatic nitrogens is 3. The third-order valence-corrected chi connectivity index (χ3v) is 2.34. The van der Waals surface area contributed by atoms with Crippen molar-refractivity contribution in [1.82, 2.24) is 15.0 Å². The standard InChI is InChI=1S/C12H11N3O4/c1-2-19-12(18)10-7-15(14-13-10)9-5-3-4-8(6-9)11(16)17/h3-7H,2H2,1H3,(H,16,17). The first-order valence-corrected chi connectivity index (χ1v) is 5.55. The smallest absolute Gasteiger partial charge is 0.360 e. The zero-order valence-electron chi connectivity index (χ0n) is 10.1. The van der Waals surface area contributed by atoms with E-state index in [1.165, 1.54) is 23.0 Å². The van der Waals surface area contributed by atoms with E-state index in [0.717, 1.165) is 0 Å². The predicted molar refractivity (Wildman–Crippen MR) is 64.3 cm³/mol.